The summed E-state index contributed by atoms with van der Waals surface area (Å²) in [6, 6.07) is 8.22. The van der Waals surface area contributed by atoms with Crippen LogP contribution in [0, 0.1) is 0 Å². The average Bonchev–Trinajstić information content (AvgIpc) is 2.58. The number of rotatable bonds is 7. The third kappa shape index (κ3) is 4.93. The highest BCUT2D eigenvalue weighted by Gasteiger charge is 2.21. The van der Waals surface area contributed by atoms with Gasteiger partial charge in [-0.15, -0.1) is 0 Å². The largest absolute Gasteiger partial charge is 0.494 e. The van der Waals surface area contributed by atoms with Crippen molar-refractivity contribution in [3.8, 4) is 5.75 Å². The van der Waals surface area contributed by atoms with Gasteiger partial charge in [-0.3, -0.25) is 4.79 Å². The second-order valence-corrected chi connectivity index (χ2v) is 6.03. The number of likely N-dealkylation sites (N-methyl/N-ethyl adjacent to an activating group) is 1. The Bertz CT molecular complexity index is 470. The fraction of sp³-hybridized carbons (Fsp3) is 0.611. The zero-order chi connectivity index (χ0) is 15.8. The van der Waals surface area contributed by atoms with Crippen LogP contribution < -0.4 is 10.1 Å². The summed E-state index contributed by atoms with van der Waals surface area (Å²) >= 11 is 0. The first-order chi connectivity index (χ1) is 10.7. The SMILES string of the molecule is CCCOc1cccc(NCC(=O)N(C)C2CCCCC2)c1. The Labute approximate surface area is 133 Å². The molecule has 0 atom stereocenters. The number of amides is 1. The molecule has 0 aliphatic heterocycles. The Kier molecular flexibility index (Phi) is 6.56. The van der Waals surface area contributed by atoms with Gasteiger partial charge in [0.25, 0.3) is 0 Å². The summed E-state index contributed by atoms with van der Waals surface area (Å²) in [6.07, 6.45) is 7.06. The maximum Gasteiger partial charge on any atom is 0.241 e. The van der Waals surface area contributed by atoms with Crippen LogP contribution in [0.15, 0.2) is 24.3 Å². The fourth-order valence-electron chi connectivity index (χ4n) is 2.89. The number of carbonyl (C=O) groups is 1. The second kappa shape index (κ2) is 8.66. The van der Waals surface area contributed by atoms with Crippen molar-refractivity contribution < 1.29 is 9.53 Å². The van der Waals surface area contributed by atoms with E-state index in [4.69, 9.17) is 4.74 Å². The lowest BCUT2D eigenvalue weighted by Crippen LogP contribution is -2.41. The normalized spacial score (nSPS) is 15.4. The van der Waals surface area contributed by atoms with Crippen molar-refractivity contribution in [1.29, 1.82) is 0 Å². The van der Waals surface area contributed by atoms with Crippen LogP contribution in [0.4, 0.5) is 5.69 Å². The number of anilines is 1. The summed E-state index contributed by atoms with van der Waals surface area (Å²) < 4.78 is 5.61. The highest BCUT2D eigenvalue weighted by Crippen LogP contribution is 2.22. The first-order valence-corrected chi connectivity index (χ1v) is 8.43. The van der Waals surface area contributed by atoms with E-state index >= 15 is 0 Å². The van der Waals surface area contributed by atoms with Gasteiger partial charge in [-0.25, -0.2) is 0 Å². The summed E-state index contributed by atoms with van der Waals surface area (Å²) in [4.78, 5) is 14.2. The molecule has 0 unspecified atom stereocenters. The molecule has 2 rings (SSSR count). The number of hydrogen-bond acceptors (Lipinski definition) is 3. The van der Waals surface area contributed by atoms with E-state index in [1.54, 1.807) is 0 Å². The Balaban J connectivity index is 1.82. The van der Waals surface area contributed by atoms with Gasteiger partial charge in [0.05, 0.1) is 13.2 Å². The molecule has 1 aliphatic rings. The molecular weight excluding hydrogens is 276 g/mol. The molecule has 4 heteroatoms. The Morgan fingerprint density at radius 1 is 1.32 bits per heavy atom. The monoisotopic (exact) mass is 304 g/mol. The van der Waals surface area contributed by atoms with Crippen LogP contribution in [0.3, 0.4) is 0 Å². The number of nitrogens with zero attached hydrogens (tertiary/aromatic N) is 1. The third-order valence-electron chi connectivity index (χ3n) is 4.27. The van der Waals surface area contributed by atoms with E-state index in [0.29, 0.717) is 19.2 Å². The highest BCUT2D eigenvalue weighted by atomic mass is 16.5. The first kappa shape index (κ1) is 16.7. The summed E-state index contributed by atoms with van der Waals surface area (Å²) in [7, 11) is 1.93. The van der Waals surface area contributed by atoms with E-state index in [1.807, 2.05) is 36.2 Å². The van der Waals surface area contributed by atoms with Crippen molar-refractivity contribution in [3.05, 3.63) is 24.3 Å². The Morgan fingerprint density at radius 2 is 2.09 bits per heavy atom. The van der Waals surface area contributed by atoms with Gasteiger partial charge >= 0.3 is 0 Å². The molecule has 1 aliphatic carbocycles. The van der Waals surface area contributed by atoms with Crippen LogP contribution in [-0.4, -0.2) is 37.0 Å². The molecule has 122 valence electrons. The molecule has 0 spiro atoms. The van der Waals surface area contributed by atoms with E-state index in [9.17, 15) is 4.79 Å². The minimum atomic E-state index is 0.159. The van der Waals surface area contributed by atoms with Gasteiger partial charge in [0.1, 0.15) is 5.75 Å². The Morgan fingerprint density at radius 3 is 2.82 bits per heavy atom. The van der Waals surface area contributed by atoms with Crippen LogP contribution in [0.5, 0.6) is 5.75 Å². The van der Waals surface area contributed by atoms with Gasteiger partial charge in [0.15, 0.2) is 0 Å². The standard InChI is InChI=1S/C18H28N2O2/c1-3-12-22-17-11-7-8-15(13-17)19-14-18(21)20(2)16-9-5-4-6-10-16/h7-8,11,13,16,19H,3-6,9-10,12,14H2,1-2H3. The smallest absolute Gasteiger partial charge is 0.241 e. The molecule has 1 aromatic rings. The predicted octanol–water partition coefficient (Wildman–Crippen LogP) is 3.68. The fourth-order valence-corrected chi connectivity index (χ4v) is 2.89. The van der Waals surface area contributed by atoms with Gasteiger partial charge in [-0.05, 0) is 31.4 Å². The van der Waals surface area contributed by atoms with Crippen molar-refractivity contribution in [2.45, 2.75) is 51.5 Å². The molecule has 1 N–H and O–H groups in total. The third-order valence-corrected chi connectivity index (χ3v) is 4.27. The predicted molar refractivity (Wildman–Crippen MR) is 90.4 cm³/mol. The first-order valence-electron chi connectivity index (χ1n) is 8.43. The summed E-state index contributed by atoms with van der Waals surface area (Å²) in [5.74, 6) is 1.01. The highest BCUT2D eigenvalue weighted by molar-refractivity contribution is 5.81. The van der Waals surface area contributed by atoms with Gasteiger partial charge in [-0.2, -0.15) is 0 Å². The van der Waals surface area contributed by atoms with Crippen molar-refractivity contribution in [2.75, 3.05) is 25.5 Å². The molecule has 0 aromatic heterocycles. The van der Waals surface area contributed by atoms with Crippen LogP contribution in [-0.2, 0) is 4.79 Å². The molecule has 0 radical (unpaired) electrons. The number of hydrogen-bond donors (Lipinski definition) is 1. The van der Waals surface area contributed by atoms with Gasteiger partial charge in [-0.1, -0.05) is 32.3 Å². The van der Waals surface area contributed by atoms with E-state index in [0.717, 1.165) is 30.7 Å². The lowest BCUT2D eigenvalue weighted by Gasteiger charge is -2.31. The molecule has 1 fully saturated rings. The number of nitrogens with one attached hydrogen (secondary N) is 1. The summed E-state index contributed by atoms with van der Waals surface area (Å²) in [6.45, 7) is 3.14. The molecule has 4 nitrogen and oxygen atoms in total. The molecule has 0 saturated heterocycles. The Hall–Kier alpha value is -1.71. The molecule has 0 bridgehead atoms. The minimum absolute atomic E-state index is 0.159. The van der Waals surface area contributed by atoms with Gasteiger partial charge < -0.3 is 15.0 Å². The number of ether oxygens (including phenoxy) is 1. The van der Waals surface area contributed by atoms with Crippen molar-refractivity contribution >= 4 is 11.6 Å². The maximum atomic E-state index is 12.3. The topological polar surface area (TPSA) is 41.6 Å². The average molecular weight is 304 g/mol. The van der Waals surface area contributed by atoms with E-state index in [1.165, 1.54) is 19.3 Å². The molecule has 22 heavy (non-hydrogen) atoms. The quantitative estimate of drug-likeness (QED) is 0.835. The van der Waals surface area contributed by atoms with Crippen molar-refractivity contribution in [1.82, 2.24) is 4.90 Å². The van der Waals surface area contributed by atoms with Crippen LogP contribution in [0.2, 0.25) is 0 Å². The molecule has 1 aromatic carbocycles. The number of benzene rings is 1. The summed E-state index contributed by atoms with van der Waals surface area (Å²) in [5.41, 5.74) is 0.930. The van der Waals surface area contributed by atoms with Crippen LogP contribution in [0.1, 0.15) is 45.4 Å². The van der Waals surface area contributed by atoms with Gasteiger partial charge in [0.2, 0.25) is 5.91 Å². The van der Waals surface area contributed by atoms with Crippen LogP contribution >= 0.6 is 0 Å². The zero-order valence-electron chi connectivity index (χ0n) is 13.8. The maximum absolute atomic E-state index is 12.3. The number of carbonyl (C=O) groups excluding carboxylic acids is 1. The molecule has 1 saturated carbocycles. The van der Waals surface area contributed by atoms with Crippen LogP contribution in [0.25, 0.3) is 0 Å². The minimum Gasteiger partial charge on any atom is -0.494 e. The van der Waals surface area contributed by atoms with E-state index in [-0.39, 0.29) is 5.91 Å². The second-order valence-electron chi connectivity index (χ2n) is 6.03. The zero-order valence-corrected chi connectivity index (χ0v) is 13.8. The van der Waals surface area contributed by atoms with E-state index < -0.39 is 0 Å². The lowest BCUT2D eigenvalue weighted by molar-refractivity contribution is -0.130. The lowest BCUT2D eigenvalue weighted by atomic mass is 9.94. The van der Waals surface area contributed by atoms with Gasteiger partial charge in [0, 0.05) is 24.8 Å². The molecule has 0 heterocycles. The molecule has 1 amide bonds. The van der Waals surface area contributed by atoms with E-state index in [2.05, 4.69) is 12.2 Å². The van der Waals surface area contributed by atoms with Crippen molar-refractivity contribution in [2.24, 2.45) is 0 Å². The molecular formula is C18H28N2O2. The summed E-state index contributed by atoms with van der Waals surface area (Å²) in [5, 5.41) is 3.21. The van der Waals surface area contributed by atoms with Crippen molar-refractivity contribution in [3.63, 3.8) is 0 Å².